The number of likely N-dealkylation sites (tertiary alicyclic amines) is 1. The number of fused-ring (bicyclic) bond motifs is 1. The number of nitrogens with one attached hydrogen (secondary N) is 1. The number of amides is 3. The second-order valence-electron chi connectivity index (χ2n) is 7.34. The Kier molecular flexibility index (Phi) is 4.83. The van der Waals surface area contributed by atoms with Crippen molar-refractivity contribution in [2.45, 2.75) is 25.7 Å². The first-order chi connectivity index (χ1) is 13.1. The number of carbonyl (C=O) groups excluding carboxylic acids is 2. The number of hydrogen-bond acceptors (Lipinski definition) is 3. The van der Waals surface area contributed by atoms with E-state index in [9.17, 15) is 9.59 Å². The number of nitrogens with two attached hydrogens (primary N) is 1. The van der Waals surface area contributed by atoms with Crippen molar-refractivity contribution >= 4 is 11.9 Å². The summed E-state index contributed by atoms with van der Waals surface area (Å²) in [5, 5.41) is 7.68. The Bertz CT molecular complexity index is 832. The average Bonchev–Trinajstić information content (AvgIpc) is 2.99. The highest BCUT2D eigenvalue weighted by Gasteiger charge is 2.32. The molecule has 142 valence electrons. The van der Waals surface area contributed by atoms with E-state index in [0.29, 0.717) is 26.2 Å². The summed E-state index contributed by atoms with van der Waals surface area (Å²) in [4.78, 5) is 28.0. The van der Waals surface area contributed by atoms with E-state index in [2.05, 4.69) is 22.3 Å². The van der Waals surface area contributed by atoms with Crippen LogP contribution >= 0.6 is 0 Å². The van der Waals surface area contributed by atoms with Gasteiger partial charge in [-0.25, -0.2) is 4.79 Å². The fraction of sp³-hybridized carbons (Fsp3) is 0.450. The third-order valence-corrected chi connectivity index (χ3v) is 5.66. The minimum absolute atomic E-state index is 0.139. The fourth-order valence-electron chi connectivity index (χ4n) is 4.17. The van der Waals surface area contributed by atoms with E-state index in [-0.39, 0.29) is 11.8 Å². The maximum atomic E-state index is 13.0. The molecule has 1 unspecified atom stereocenters. The van der Waals surface area contributed by atoms with Gasteiger partial charge in [0.25, 0.3) is 0 Å². The number of piperidine rings is 1. The smallest absolute Gasteiger partial charge is 0.314 e. The van der Waals surface area contributed by atoms with Crippen LogP contribution in [0.25, 0.3) is 11.3 Å². The number of aromatic nitrogens is 2. The first-order valence-corrected chi connectivity index (χ1v) is 9.58. The molecule has 0 bridgehead atoms. The number of urea groups is 1. The molecule has 7 heteroatoms. The standard InChI is InChI=1S/C20H25N5O2/c21-20(27)25-10-4-7-15(13-25)19(26)24-11-8-16-17(9-12-24)22-23-18(16)14-5-2-1-3-6-14/h1-3,5-6,15H,4,7-13H2,(H2,21,27)(H,22,23). The first kappa shape index (κ1) is 17.6. The number of nitrogens with zero attached hydrogens (tertiary/aromatic N) is 3. The molecular weight excluding hydrogens is 342 g/mol. The van der Waals surface area contributed by atoms with Gasteiger partial charge < -0.3 is 15.5 Å². The molecule has 7 nitrogen and oxygen atoms in total. The van der Waals surface area contributed by atoms with Crippen LogP contribution in [0.1, 0.15) is 24.1 Å². The van der Waals surface area contributed by atoms with Gasteiger partial charge in [-0.2, -0.15) is 5.10 Å². The second-order valence-corrected chi connectivity index (χ2v) is 7.34. The predicted molar refractivity (Wildman–Crippen MR) is 102 cm³/mol. The zero-order valence-corrected chi connectivity index (χ0v) is 15.4. The molecule has 2 aliphatic rings. The first-order valence-electron chi connectivity index (χ1n) is 9.58. The molecule has 3 heterocycles. The number of benzene rings is 1. The number of aromatic amines is 1. The molecular formula is C20H25N5O2. The van der Waals surface area contributed by atoms with Crippen molar-refractivity contribution in [3.8, 4) is 11.3 Å². The molecule has 1 fully saturated rings. The summed E-state index contributed by atoms with van der Waals surface area (Å²) in [6.45, 7) is 2.44. The van der Waals surface area contributed by atoms with Gasteiger partial charge in [0.1, 0.15) is 0 Å². The van der Waals surface area contributed by atoms with E-state index >= 15 is 0 Å². The molecule has 2 aliphatic heterocycles. The lowest BCUT2D eigenvalue weighted by atomic mass is 9.96. The van der Waals surface area contributed by atoms with Crippen molar-refractivity contribution in [3.05, 3.63) is 41.6 Å². The summed E-state index contributed by atoms with van der Waals surface area (Å²) < 4.78 is 0. The third-order valence-electron chi connectivity index (χ3n) is 5.66. The van der Waals surface area contributed by atoms with Crippen LogP contribution in [0, 0.1) is 5.92 Å². The van der Waals surface area contributed by atoms with Crippen molar-refractivity contribution in [2.75, 3.05) is 26.2 Å². The monoisotopic (exact) mass is 367 g/mol. The van der Waals surface area contributed by atoms with Gasteiger partial charge in [-0.05, 0) is 19.3 Å². The number of carbonyl (C=O) groups is 2. The Labute approximate surface area is 158 Å². The fourth-order valence-corrected chi connectivity index (χ4v) is 4.17. The van der Waals surface area contributed by atoms with Crippen LogP contribution in [-0.4, -0.2) is 58.1 Å². The van der Waals surface area contributed by atoms with Crippen molar-refractivity contribution in [1.29, 1.82) is 0 Å². The molecule has 0 saturated carbocycles. The summed E-state index contributed by atoms with van der Waals surface area (Å²) in [6, 6.07) is 9.70. The van der Waals surface area contributed by atoms with Crippen LogP contribution < -0.4 is 5.73 Å². The summed E-state index contributed by atoms with van der Waals surface area (Å²) in [5.74, 6) is -0.00488. The molecule has 0 aliphatic carbocycles. The average molecular weight is 367 g/mol. The Balaban J connectivity index is 1.47. The lowest BCUT2D eigenvalue weighted by molar-refractivity contribution is -0.136. The summed E-state index contributed by atoms with van der Waals surface area (Å²) in [6.07, 6.45) is 3.21. The van der Waals surface area contributed by atoms with Crippen LogP contribution in [-0.2, 0) is 17.6 Å². The topological polar surface area (TPSA) is 95.3 Å². The minimum Gasteiger partial charge on any atom is -0.351 e. The Morgan fingerprint density at radius 1 is 1.07 bits per heavy atom. The lowest BCUT2D eigenvalue weighted by Crippen LogP contribution is -2.48. The summed E-state index contributed by atoms with van der Waals surface area (Å²) in [5.41, 5.74) is 9.80. The second kappa shape index (κ2) is 7.42. The molecule has 2 aromatic rings. The number of hydrogen-bond donors (Lipinski definition) is 2. The SMILES string of the molecule is NC(=O)N1CCCC(C(=O)N2CCc3[nH]nc(-c4ccccc4)c3CC2)C1. The van der Waals surface area contributed by atoms with E-state index < -0.39 is 6.03 Å². The Morgan fingerprint density at radius 3 is 2.63 bits per heavy atom. The van der Waals surface area contributed by atoms with Gasteiger partial charge in [-0.1, -0.05) is 30.3 Å². The number of primary amides is 1. The molecule has 1 aromatic heterocycles. The van der Waals surface area contributed by atoms with E-state index in [0.717, 1.165) is 42.6 Å². The summed E-state index contributed by atoms with van der Waals surface area (Å²) in [7, 11) is 0. The zero-order valence-electron chi connectivity index (χ0n) is 15.4. The minimum atomic E-state index is -0.433. The zero-order chi connectivity index (χ0) is 18.8. The van der Waals surface area contributed by atoms with Crippen LogP contribution in [0.4, 0.5) is 4.79 Å². The molecule has 0 spiro atoms. The van der Waals surface area contributed by atoms with Gasteiger partial charge in [0, 0.05) is 49.4 Å². The molecule has 1 atom stereocenters. The van der Waals surface area contributed by atoms with Crippen molar-refractivity contribution in [3.63, 3.8) is 0 Å². The predicted octanol–water partition coefficient (Wildman–Crippen LogP) is 1.79. The molecule has 0 radical (unpaired) electrons. The van der Waals surface area contributed by atoms with E-state index in [4.69, 9.17) is 5.73 Å². The third kappa shape index (κ3) is 3.54. The Hall–Kier alpha value is -2.83. The van der Waals surface area contributed by atoms with Crippen molar-refractivity contribution in [1.82, 2.24) is 20.0 Å². The van der Waals surface area contributed by atoms with E-state index in [1.807, 2.05) is 23.1 Å². The number of rotatable bonds is 2. The highest BCUT2D eigenvalue weighted by atomic mass is 16.2. The van der Waals surface area contributed by atoms with Crippen molar-refractivity contribution in [2.24, 2.45) is 11.7 Å². The maximum absolute atomic E-state index is 13.0. The van der Waals surface area contributed by atoms with E-state index in [1.54, 1.807) is 4.90 Å². The summed E-state index contributed by atoms with van der Waals surface area (Å²) >= 11 is 0. The molecule has 1 aromatic carbocycles. The van der Waals surface area contributed by atoms with Gasteiger partial charge in [0.2, 0.25) is 5.91 Å². The normalized spacial score (nSPS) is 20.1. The maximum Gasteiger partial charge on any atom is 0.314 e. The largest absolute Gasteiger partial charge is 0.351 e. The van der Waals surface area contributed by atoms with Gasteiger partial charge in [-0.15, -0.1) is 0 Å². The van der Waals surface area contributed by atoms with E-state index in [1.165, 1.54) is 5.56 Å². The van der Waals surface area contributed by atoms with Gasteiger partial charge in [0.05, 0.1) is 11.6 Å². The van der Waals surface area contributed by atoms with Crippen LogP contribution in [0.2, 0.25) is 0 Å². The quantitative estimate of drug-likeness (QED) is 0.847. The molecule has 3 amide bonds. The van der Waals surface area contributed by atoms with Gasteiger partial charge >= 0.3 is 6.03 Å². The van der Waals surface area contributed by atoms with Crippen LogP contribution in [0.5, 0.6) is 0 Å². The van der Waals surface area contributed by atoms with Crippen molar-refractivity contribution < 1.29 is 9.59 Å². The molecule has 27 heavy (non-hydrogen) atoms. The van der Waals surface area contributed by atoms with Gasteiger partial charge in [0.15, 0.2) is 0 Å². The number of H-pyrrole nitrogens is 1. The van der Waals surface area contributed by atoms with Crippen LogP contribution in [0.15, 0.2) is 30.3 Å². The van der Waals surface area contributed by atoms with Crippen LogP contribution in [0.3, 0.4) is 0 Å². The molecule has 1 saturated heterocycles. The highest BCUT2D eigenvalue weighted by molar-refractivity contribution is 5.81. The molecule has 3 N–H and O–H groups in total. The Morgan fingerprint density at radius 2 is 1.85 bits per heavy atom. The highest BCUT2D eigenvalue weighted by Crippen LogP contribution is 2.27. The lowest BCUT2D eigenvalue weighted by Gasteiger charge is -2.33. The van der Waals surface area contributed by atoms with Gasteiger partial charge in [-0.3, -0.25) is 9.89 Å². The molecule has 4 rings (SSSR count).